The molecule has 1 aliphatic heterocycles. The Morgan fingerprint density at radius 3 is 1.93 bits per heavy atom. The van der Waals surface area contributed by atoms with Crippen molar-refractivity contribution in [2.45, 2.75) is 0 Å². The number of piperazine rings is 1. The zero-order valence-corrected chi connectivity index (χ0v) is 15.0. The van der Waals surface area contributed by atoms with E-state index in [2.05, 4.69) is 5.32 Å². The number of nitrogens with zero attached hydrogens (tertiary/aromatic N) is 2. The third kappa shape index (κ3) is 4.70. The Balaban J connectivity index is 1.46. The van der Waals surface area contributed by atoms with Crippen molar-refractivity contribution in [1.82, 2.24) is 10.2 Å². The number of amides is 2. The van der Waals surface area contributed by atoms with Crippen molar-refractivity contribution in [3.63, 3.8) is 0 Å². The molecule has 1 N–H and O–H groups in total. The first-order chi connectivity index (χ1) is 13.4. The van der Waals surface area contributed by atoms with E-state index in [4.69, 9.17) is 0 Å². The Morgan fingerprint density at radius 2 is 1.36 bits per heavy atom. The molecule has 2 aromatic rings. The summed E-state index contributed by atoms with van der Waals surface area (Å²) in [5.41, 5.74) is 0.936. The summed E-state index contributed by atoms with van der Waals surface area (Å²) in [6.45, 7) is 1.79. The summed E-state index contributed by atoms with van der Waals surface area (Å²) in [6, 6.07) is 10.8. The summed E-state index contributed by atoms with van der Waals surface area (Å²) >= 11 is 0. The number of carbonyl (C=O) groups is 3. The van der Waals surface area contributed by atoms with Gasteiger partial charge in [-0.15, -0.1) is 0 Å². The molecule has 1 heterocycles. The van der Waals surface area contributed by atoms with Crippen molar-refractivity contribution in [3.05, 3.63) is 65.7 Å². The minimum absolute atomic E-state index is 0.0549. The summed E-state index contributed by atoms with van der Waals surface area (Å²) < 4.78 is 25.9. The van der Waals surface area contributed by atoms with Gasteiger partial charge in [-0.25, -0.2) is 8.78 Å². The molecule has 8 heteroatoms. The van der Waals surface area contributed by atoms with Gasteiger partial charge in [0, 0.05) is 37.4 Å². The fraction of sp³-hybridized carbons (Fsp3) is 0.250. The van der Waals surface area contributed by atoms with E-state index < -0.39 is 17.5 Å². The second kappa shape index (κ2) is 8.60. The van der Waals surface area contributed by atoms with Gasteiger partial charge >= 0.3 is 0 Å². The smallest absolute Gasteiger partial charge is 0.292 e. The number of halogens is 2. The Bertz CT molecular complexity index is 861. The number of anilines is 1. The van der Waals surface area contributed by atoms with E-state index in [-0.39, 0.29) is 23.8 Å². The molecule has 0 atom stereocenters. The molecule has 1 aliphatic rings. The number of ketones is 1. The summed E-state index contributed by atoms with van der Waals surface area (Å²) in [5.74, 6) is -2.84. The van der Waals surface area contributed by atoms with E-state index in [9.17, 15) is 23.2 Å². The minimum Gasteiger partial charge on any atom is -0.368 e. The third-order valence-electron chi connectivity index (χ3n) is 4.54. The van der Waals surface area contributed by atoms with Crippen LogP contribution in [-0.4, -0.2) is 55.2 Å². The number of rotatable bonds is 5. The van der Waals surface area contributed by atoms with Gasteiger partial charge in [-0.3, -0.25) is 14.4 Å². The normalized spacial score (nSPS) is 13.9. The number of hydrogen-bond acceptors (Lipinski definition) is 4. The van der Waals surface area contributed by atoms with Gasteiger partial charge in [0.15, 0.2) is 0 Å². The van der Waals surface area contributed by atoms with Gasteiger partial charge in [0.2, 0.25) is 11.7 Å². The molecule has 3 rings (SSSR count). The van der Waals surface area contributed by atoms with Gasteiger partial charge < -0.3 is 15.1 Å². The molecule has 28 heavy (non-hydrogen) atoms. The lowest BCUT2D eigenvalue weighted by Gasteiger charge is -2.36. The monoisotopic (exact) mass is 387 g/mol. The lowest BCUT2D eigenvalue weighted by Crippen LogP contribution is -2.51. The lowest BCUT2D eigenvalue weighted by atomic mass is 10.1. The quantitative estimate of drug-likeness (QED) is 0.625. The van der Waals surface area contributed by atoms with E-state index in [0.717, 1.165) is 17.8 Å². The molecule has 2 aromatic carbocycles. The highest BCUT2D eigenvalue weighted by atomic mass is 19.1. The van der Waals surface area contributed by atoms with Crippen LogP contribution in [0.5, 0.6) is 0 Å². The standard InChI is InChI=1S/C20H19F2N3O3/c21-15-3-1-14(2-4-15)19(27)20(28)23-13-18(26)25-11-9-24(10-12-25)17-7-5-16(22)6-8-17/h1-8H,9-13H2,(H,23,28). The van der Waals surface area contributed by atoms with Gasteiger partial charge in [0.1, 0.15) is 11.6 Å². The van der Waals surface area contributed by atoms with Crippen molar-refractivity contribution in [2.75, 3.05) is 37.6 Å². The van der Waals surface area contributed by atoms with Gasteiger partial charge in [-0.1, -0.05) is 0 Å². The largest absolute Gasteiger partial charge is 0.368 e. The molecule has 0 unspecified atom stereocenters. The molecule has 6 nitrogen and oxygen atoms in total. The zero-order chi connectivity index (χ0) is 20.1. The van der Waals surface area contributed by atoms with Crippen LogP contribution >= 0.6 is 0 Å². The number of benzene rings is 2. The highest BCUT2D eigenvalue weighted by Gasteiger charge is 2.23. The molecular weight excluding hydrogens is 368 g/mol. The van der Waals surface area contributed by atoms with Crippen molar-refractivity contribution >= 4 is 23.3 Å². The van der Waals surface area contributed by atoms with Crippen LogP contribution in [0.25, 0.3) is 0 Å². The number of carbonyl (C=O) groups excluding carboxylic acids is 3. The SMILES string of the molecule is O=C(NCC(=O)N1CCN(c2ccc(F)cc2)CC1)C(=O)c1ccc(F)cc1. The molecule has 0 aromatic heterocycles. The molecule has 0 aliphatic carbocycles. The van der Waals surface area contributed by atoms with Gasteiger partial charge in [-0.05, 0) is 48.5 Å². The fourth-order valence-electron chi connectivity index (χ4n) is 2.95. The predicted octanol–water partition coefficient (Wildman–Crippen LogP) is 1.61. The molecule has 146 valence electrons. The van der Waals surface area contributed by atoms with Crippen LogP contribution in [0, 0.1) is 11.6 Å². The number of hydrogen-bond donors (Lipinski definition) is 1. The van der Waals surface area contributed by atoms with Crippen LogP contribution in [0.4, 0.5) is 14.5 Å². The second-order valence-electron chi connectivity index (χ2n) is 6.36. The van der Waals surface area contributed by atoms with Gasteiger partial charge in [-0.2, -0.15) is 0 Å². The average molecular weight is 387 g/mol. The fourth-order valence-corrected chi connectivity index (χ4v) is 2.95. The van der Waals surface area contributed by atoms with Crippen molar-refractivity contribution in [1.29, 1.82) is 0 Å². The first-order valence-electron chi connectivity index (χ1n) is 8.80. The predicted molar refractivity (Wildman–Crippen MR) is 98.9 cm³/mol. The molecule has 1 fully saturated rings. The first-order valence-corrected chi connectivity index (χ1v) is 8.80. The van der Waals surface area contributed by atoms with Crippen LogP contribution in [0.15, 0.2) is 48.5 Å². The van der Waals surface area contributed by atoms with E-state index in [1.807, 2.05) is 4.90 Å². The van der Waals surface area contributed by atoms with Crippen LogP contribution in [-0.2, 0) is 9.59 Å². The third-order valence-corrected chi connectivity index (χ3v) is 4.54. The molecule has 0 spiro atoms. The lowest BCUT2D eigenvalue weighted by molar-refractivity contribution is -0.132. The average Bonchev–Trinajstić information content (AvgIpc) is 2.72. The number of nitrogens with one attached hydrogen (secondary N) is 1. The maximum atomic E-state index is 13.0. The Labute approximate surface area is 160 Å². The van der Waals surface area contributed by atoms with Gasteiger partial charge in [0.25, 0.3) is 5.91 Å². The van der Waals surface area contributed by atoms with E-state index in [1.165, 1.54) is 24.3 Å². The first kappa shape index (κ1) is 19.5. The Morgan fingerprint density at radius 1 is 0.821 bits per heavy atom. The molecule has 0 radical (unpaired) electrons. The molecular formula is C20H19F2N3O3. The van der Waals surface area contributed by atoms with E-state index in [0.29, 0.717) is 26.2 Å². The summed E-state index contributed by atoms with van der Waals surface area (Å²) in [5, 5.41) is 2.31. The van der Waals surface area contributed by atoms with Crippen LogP contribution in [0.3, 0.4) is 0 Å². The van der Waals surface area contributed by atoms with Crippen molar-refractivity contribution in [3.8, 4) is 0 Å². The van der Waals surface area contributed by atoms with Gasteiger partial charge in [0.05, 0.1) is 6.54 Å². The summed E-state index contributed by atoms with van der Waals surface area (Å²) in [6.07, 6.45) is 0. The van der Waals surface area contributed by atoms with Crippen molar-refractivity contribution < 1.29 is 23.2 Å². The van der Waals surface area contributed by atoms with Crippen LogP contribution < -0.4 is 10.2 Å². The highest BCUT2D eigenvalue weighted by Crippen LogP contribution is 2.16. The zero-order valence-electron chi connectivity index (χ0n) is 15.0. The highest BCUT2D eigenvalue weighted by molar-refractivity contribution is 6.43. The van der Waals surface area contributed by atoms with Crippen LogP contribution in [0.1, 0.15) is 10.4 Å². The summed E-state index contributed by atoms with van der Waals surface area (Å²) in [7, 11) is 0. The van der Waals surface area contributed by atoms with Crippen molar-refractivity contribution in [2.24, 2.45) is 0 Å². The van der Waals surface area contributed by atoms with Crippen LogP contribution in [0.2, 0.25) is 0 Å². The minimum atomic E-state index is -0.912. The molecule has 0 bridgehead atoms. The maximum absolute atomic E-state index is 13.0. The second-order valence-corrected chi connectivity index (χ2v) is 6.36. The summed E-state index contributed by atoms with van der Waals surface area (Å²) in [4.78, 5) is 39.8. The number of Topliss-reactive ketones (excluding diaryl/α,β-unsaturated/α-hetero) is 1. The Kier molecular flexibility index (Phi) is 5.98. The topological polar surface area (TPSA) is 69.7 Å². The molecule has 1 saturated heterocycles. The molecule has 0 saturated carbocycles. The maximum Gasteiger partial charge on any atom is 0.292 e. The van der Waals surface area contributed by atoms with E-state index in [1.54, 1.807) is 17.0 Å². The Hall–Kier alpha value is -3.29. The molecule has 2 amide bonds. The van der Waals surface area contributed by atoms with E-state index >= 15 is 0 Å².